The van der Waals surface area contributed by atoms with Gasteiger partial charge in [0, 0.05) is 6.07 Å². The maximum absolute atomic E-state index is 12.1. The molecule has 20 heavy (non-hydrogen) atoms. The highest BCUT2D eigenvalue weighted by Crippen LogP contribution is 2.23. The van der Waals surface area contributed by atoms with Crippen LogP contribution in [0.15, 0.2) is 48.5 Å². The zero-order valence-corrected chi connectivity index (χ0v) is 10.7. The van der Waals surface area contributed by atoms with Gasteiger partial charge in [0.1, 0.15) is 11.5 Å². The Balaban J connectivity index is 2.17. The molecule has 0 fully saturated rings. The molecule has 0 saturated heterocycles. The van der Waals surface area contributed by atoms with Crippen LogP contribution in [0.5, 0.6) is 11.5 Å². The van der Waals surface area contributed by atoms with E-state index in [0.717, 1.165) is 11.6 Å². The standard InChI is InChI=1S/C15H15NO4/c17-9-13(10-4-2-1-3-5-10)16-15(20)12-7-6-11(18)8-14(12)19/h1-8,13,17-19H,9H2,(H,16,20). The fourth-order valence-electron chi connectivity index (χ4n) is 1.87. The van der Waals surface area contributed by atoms with Gasteiger partial charge in [-0.25, -0.2) is 0 Å². The van der Waals surface area contributed by atoms with Crippen molar-refractivity contribution in [2.24, 2.45) is 0 Å². The highest BCUT2D eigenvalue weighted by atomic mass is 16.3. The molecule has 1 atom stereocenters. The van der Waals surface area contributed by atoms with Crippen LogP contribution in [0.4, 0.5) is 0 Å². The quantitative estimate of drug-likeness (QED) is 0.680. The normalized spacial score (nSPS) is 11.8. The Morgan fingerprint density at radius 2 is 1.80 bits per heavy atom. The Morgan fingerprint density at radius 1 is 1.10 bits per heavy atom. The number of hydrogen-bond acceptors (Lipinski definition) is 4. The second kappa shape index (κ2) is 6.08. The van der Waals surface area contributed by atoms with Gasteiger partial charge >= 0.3 is 0 Å². The van der Waals surface area contributed by atoms with E-state index < -0.39 is 11.9 Å². The molecule has 0 aliphatic heterocycles. The average Bonchev–Trinajstić information content (AvgIpc) is 2.45. The van der Waals surface area contributed by atoms with E-state index in [-0.39, 0.29) is 23.7 Å². The smallest absolute Gasteiger partial charge is 0.255 e. The van der Waals surface area contributed by atoms with E-state index in [1.807, 2.05) is 18.2 Å². The van der Waals surface area contributed by atoms with Gasteiger partial charge in [-0.15, -0.1) is 0 Å². The number of aliphatic hydroxyl groups excluding tert-OH is 1. The maximum Gasteiger partial charge on any atom is 0.255 e. The van der Waals surface area contributed by atoms with E-state index in [4.69, 9.17) is 0 Å². The lowest BCUT2D eigenvalue weighted by molar-refractivity contribution is 0.0913. The second-order valence-electron chi connectivity index (χ2n) is 4.32. The molecular formula is C15H15NO4. The maximum atomic E-state index is 12.1. The largest absolute Gasteiger partial charge is 0.508 e. The minimum absolute atomic E-state index is 0.0391. The summed E-state index contributed by atoms with van der Waals surface area (Å²) in [5.41, 5.74) is 0.804. The monoisotopic (exact) mass is 273 g/mol. The molecule has 5 nitrogen and oxygen atoms in total. The fraction of sp³-hybridized carbons (Fsp3) is 0.133. The summed E-state index contributed by atoms with van der Waals surface area (Å²) in [6.07, 6.45) is 0. The molecule has 0 heterocycles. The lowest BCUT2D eigenvalue weighted by atomic mass is 10.1. The van der Waals surface area contributed by atoms with Gasteiger partial charge in [0.25, 0.3) is 5.91 Å². The molecule has 0 radical (unpaired) electrons. The Hall–Kier alpha value is -2.53. The highest BCUT2D eigenvalue weighted by Gasteiger charge is 2.17. The summed E-state index contributed by atoms with van der Waals surface area (Å²) in [5, 5.41) is 30.8. The third-order valence-corrected chi connectivity index (χ3v) is 2.92. The molecule has 0 spiro atoms. The van der Waals surface area contributed by atoms with E-state index >= 15 is 0 Å². The van der Waals surface area contributed by atoms with Gasteiger partial charge in [-0.3, -0.25) is 4.79 Å². The van der Waals surface area contributed by atoms with Crippen molar-refractivity contribution in [2.75, 3.05) is 6.61 Å². The molecule has 104 valence electrons. The van der Waals surface area contributed by atoms with Crippen molar-refractivity contribution < 1.29 is 20.1 Å². The van der Waals surface area contributed by atoms with E-state index in [9.17, 15) is 20.1 Å². The Bertz CT molecular complexity index is 598. The van der Waals surface area contributed by atoms with Crippen LogP contribution in [0, 0.1) is 0 Å². The third-order valence-electron chi connectivity index (χ3n) is 2.92. The summed E-state index contributed by atoms with van der Waals surface area (Å²) in [6, 6.07) is 12.2. The molecular weight excluding hydrogens is 258 g/mol. The van der Waals surface area contributed by atoms with E-state index in [0.29, 0.717) is 0 Å². The van der Waals surface area contributed by atoms with Crippen LogP contribution in [0.25, 0.3) is 0 Å². The van der Waals surface area contributed by atoms with E-state index in [1.54, 1.807) is 12.1 Å². The van der Waals surface area contributed by atoms with Crippen LogP contribution in [-0.4, -0.2) is 27.8 Å². The molecule has 0 aromatic heterocycles. The molecule has 1 amide bonds. The van der Waals surface area contributed by atoms with Gasteiger partial charge < -0.3 is 20.6 Å². The summed E-state index contributed by atoms with van der Waals surface area (Å²) < 4.78 is 0. The summed E-state index contributed by atoms with van der Waals surface area (Å²) >= 11 is 0. The Labute approximate surface area is 116 Å². The van der Waals surface area contributed by atoms with Crippen molar-refractivity contribution in [1.82, 2.24) is 5.32 Å². The number of rotatable bonds is 4. The molecule has 2 aromatic rings. The number of aromatic hydroxyl groups is 2. The summed E-state index contributed by atoms with van der Waals surface area (Å²) in [6.45, 7) is -0.255. The van der Waals surface area contributed by atoms with Crippen LogP contribution in [-0.2, 0) is 0 Å². The molecule has 4 N–H and O–H groups in total. The lowest BCUT2D eigenvalue weighted by Gasteiger charge is -2.17. The predicted octanol–water partition coefficient (Wildman–Crippen LogP) is 1.56. The number of nitrogens with one attached hydrogen (secondary N) is 1. The minimum Gasteiger partial charge on any atom is -0.508 e. The molecule has 0 bridgehead atoms. The number of phenols is 2. The van der Waals surface area contributed by atoms with Gasteiger partial charge in [-0.05, 0) is 17.7 Å². The van der Waals surface area contributed by atoms with Crippen LogP contribution in [0.3, 0.4) is 0 Å². The number of carbonyl (C=O) groups excluding carboxylic acids is 1. The first-order valence-electron chi connectivity index (χ1n) is 6.10. The molecule has 0 aliphatic rings. The molecule has 2 rings (SSSR count). The van der Waals surface area contributed by atoms with Gasteiger partial charge in [0.05, 0.1) is 18.2 Å². The summed E-state index contributed by atoms with van der Waals surface area (Å²) in [4.78, 5) is 12.1. The molecule has 0 aliphatic carbocycles. The van der Waals surface area contributed by atoms with Crippen LogP contribution in [0.1, 0.15) is 22.0 Å². The zero-order chi connectivity index (χ0) is 14.5. The van der Waals surface area contributed by atoms with E-state index in [1.165, 1.54) is 12.1 Å². The number of hydrogen-bond donors (Lipinski definition) is 4. The zero-order valence-electron chi connectivity index (χ0n) is 10.7. The van der Waals surface area contributed by atoms with E-state index in [2.05, 4.69) is 5.32 Å². The SMILES string of the molecule is O=C(NC(CO)c1ccccc1)c1ccc(O)cc1O. The second-order valence-corrected chi connectivity index (χ2v) is 4.32. The number of phenolic OH excluding ortho intramolecular Hbond substituents is 2. The number of aliphatic hydroxyl groups is 1. The lowest BCUT2D eigenvalue weighted by Crippen LogP contribution is -2.30. The van der Waals surface area contributed by atoms with Crippen LogP contribution in [0.2, 0.25) is 0 Å². The molecule has 2 aromatic carbocycles. The van der Waals surface area contributed by atoms with Crippen molar-refractivity contribution in [1.29, 1.82) is 0 Å². The minimum atomic E-state index is -0.558. The fourth-order valence-corrected chi connectivity index (χ4v) is 1.87. The first-order valence-corrected chi connectivity index (χ1v) is 6.10. The van der Waals surface area contributed by atoms with Gasteiger partial charge in [0.2, 0.25) is 0 Å². The first-order chi connectivity index (χ1) is 9.61. The van der Waals surface area contributed by atoms with Crippen LogP contribution >= 0.6 is 0 Å². The Kier molecular flexibility index (Phi) is 4.22. The predicted molar refractivity (Wildman–Crippen MR) is 73.5 cm³/mol. The molecule has 1 unspecified atom stereocenters. The summed E-state index contributed by atoms with van der Waals surface area (Å²) in [5.74, 6) is -0.960. The van der Waals surface area contributed by atoms with Crippen molar-refractivity contribution in [2.45, 2.75) is 6.04 Å². The summed E-state index contributed by atoms with van der Waals surface area (Å²) in [7, 11) is 0. The van der Waals surface area contributed by atoms with Crippen molar-refractivity contribution in [3.05, 3.63) is 59.7 Å². The van der Waals surface area contributed by atoms with Crippen molar-refractivity contribution in [3.8, 4) is 11.5 Å². The van der Waals surface area contributed by atoms with Crippen molar-refractivity contribution in [3.63, 3.8) is 0 Å². The average molecular weight is 273 g/mol. The highest BCUT2D eigenvalue weighted by molar-refractivity contribution is 5.97. The molecule has 0 saturated carbocycles. The number of benzene rings is 2. The first kappa shape index (κ1) is 13.9. The van der Waals surface area contributed by atoms with Gasteiger partial charge in [-0.2, -0.15) is 0 Å². The Morgan fingerprint density at radius 3 is 2.40 bits per heavy atom. The van der Waals surface area contributed by atoms with Crippen molar-refractivity contribution >= 4 is 5.91 Å². The number of amides is 1. The van der Waals surface area contributed by atoms with Gasteiger partial charge in [-0.1, -0.05) is 30.3 Å². The third kappa shape index (κ3) is 3.07. The number of carbonyl (C=O) groups is 1. The molecule has 5 heteroatoms. The topological polar surface area (TPSA) is 89.8 Å². The van der Waals surface area contributed by atoms with Gasteiger partial charge in [0.15, 0.2) is 0 Å². The van der Waals surface area contributed by atoms with Crippen LogP contribution < -0.4 is 5.32 Å².